The quantitative estimate of drug-likeness (QED) is 0.166. The van der Waals surface area contributed by atoms with Gasteiger partial charge in [-0.15, -0.1) is 0 Å². The Morgan fingerprint density at radius 1 is 0.393 bits per heavy atom. The summed E-state index contributed by atoms with van der Waals surface area (Å²) in [5.74, 6) is -0.254. The highest BCUT2D eigenvalue weighted by Crippen LogP contribution is 2.58. The van der Waals surface area contributed by atoms with Gasteiger partial charge in [0.05, 0.1) is 16.4 Å². The molecule has 0 saturated heterocycles. The van der Waals surface area contributed by atoms with Crippen LogP contribution in [0.15, 0.2) is 212 Å². The molecule has 1 heterocycles. The lowest BCUT2D eigenvalue weighted by Crippen LogP contribution is -2.28. The molecule has 0 fully saturated rings. The van der Waals surface area contributed by atoms with Crippen LogP contribution in [-0.2, 0) is 5.41 Å². The Bertz CT molecular complexity index is 3040. The van der Waals surface area contributed by atoms with Crippen LogP contribution in [0.25, 0.3) is 49.4 Å². The van der Waals surface area contributed by atoms with Crippen molar-refractivity contribution in [3.05, 3.63) is 240 Å². The molecule has 11 rings (SSSR count). The molecule has 0 saturated carbocycles. The molecule has 0 amide bonds. The minimum atomic E-state index is -0.563. The third kappa shape index (κ3) is 4.81. The zero-order chi connectivity index (χ0) is 37.2. The van der Waals surface area contributed by atoms with Crippen molar-refractivity contribution in [1.82, 2.24) is 4.57 Å². The number of hydrogen-bond acceptors (Lipinski definition) is 1. The molecule has 1 aliphatic rings. The SMILES string of the molecule is Fc1ccc2c3cc(N(c4ccccc4)c4ccc5c(c4)C(c4ccccc4)(c4ccccc4)c4cc6ccccc6cc4-5)ccc3n(-c3ccccc3)c2c1. The van der Waals surface area contributed by atoms with Crippen LogP contribution in [0.3, 0.4) is 0 Å². The minimum absolute atomic E-state index is 0.254. The number of nitrogens with zero attached hydrogens (tertiary/aromatic N) is 2. The number of rotatable bonds is 6. The van der Waals surface area contributed by atoms with E-state index < -0.39 is 5.41 Å². The normalized spacial score (nSPS) is 12.9. The molecule has 0 atom stereocenters. The topological polar surface area (TPSA) is 8.17 Å². The summed E-state index contributed by atoms with van der Waals surface area (Å²) in [6, 6.07) is 75.0. The van der Waals surface area contributed by atoms with Gasteiger partial charge in [0.15, 0.2) is 0 Å². The van der Waals surface area contributed by atoms with E-state index in [1.807, 2.05) is 24.3 Å². The van der Waals surface area contributed by atoms with Crippen LogP contribution in [0, 0.1) is 5.82 Å². The van der Waals surface area contributed by atoms with Crippen molar-refractivity contribution in [2.75, 3.05) is 4.90 Å². The van der Waals surface area contributed by atoms with Crippen molar-refractivity contribution < 1.29 is 4.39 Å². The zero-order valence-electron chi connectivity index (χ0n) is 30.5. The first-order chi connectivity index (χ1) is 27.7. The maximum absolute atomic E-state index is 14.9. The molecule has 0 unspecified atom stereocenters. The Morgan fingerprint density at radius 3 is 1.66 bits per heavy atom. The van der Waals surface area contributed by atoms with Crippen LogP contribution in [0.5, 0.6) is 0 Å². The Balaban J connectivity index is 1.19. The lowest BCUT2D eigenvalue weighted by molar-refractivity contribution is 0.629. The second kappa shape index (κ2) is 12.7. The summed E-state index contributed by atoms with van der Waals surface area (Å²) in [5.41, 5.74) is 12.9. The highest BCUT2D eigenvalue weighted by molar-refractivity contribution is 6.11. The fraction of sp³-hybridized carbons (Fsp3) is 0.0189. The van der Waals surface area contributed by atoms with E-state index in [-0.39, 0.29) is 5.82 Å². The summed E-state index contributed by atoms with van der Waals surface area (Å²) >= 11 is 0. The summed E-state index contributed by atoms with van der Waals surface area (Å²) in [7, 11) is 0. The Kier molecular flexibility index (Phi) is 7.30. The highest BCUT2D eigenvalue weighted by atomic mass is 19.1. The average molecular weight is 719 g/mol. The van der Waals surface area contributed by atoms with Gasteiger partial charge in [-0.1, -0.05) is 127 Å². The van der Waals surface area contributed by atoms with Crippen LogP contribution in [0.4, 0.5) is 21.5 Å². The van der Waals surface area contributed by atoms with E-state index in [9.17, 15) is 4.39 Å². The molecule has 0 radical (unpaired) electrons. The maximum Gasteiger partial charge on any atom is 0.125 e. The summed E-state index contributed by atoms with van der Waals surface area (Å²) in [6.07, 6.45) is 0. The average Bonchev–Trinajstić information content (AvgIpc) is 3.73. The van der Waals surface area contributed by atoms with Crippen LogP contribution in [0.1, 0.15) is 22.3 Å². The molecule has 2 nitrogen and oxygen atoms in total. The van der Waals surface area contributed by atoms with Gasteiger partial charge < -0.3 is 9.47 Å². The van der Waals surface area contributed by atoms with Gasteiger partial charge in [-0.25, -0.2) is 4.39 Å². The Hall–Kier alpha value is -7.23. The second-order valence-corrected chi connectivity index (χ2v) is 14.7. The van der Waals surface area contributed by atoms with E-state index in [0.29, 0.717) is 0 Å². The number of fused-ring (bicyclic) bond motifs is 7. The van der Waals surface area contributed by atoms with E-state index in [1.54, 1.807) is 12.1 Å². The number of halogens is 1. The summed E-state index contributed by atoms with van der Waals surface area (Å²) in [6.45, 7) is 0. The molecule has 10 aromatic rings. The summed E-state index contributed by atoms with van der Waals surface area (Å²) in [5, 5.41) is 4.52. The van der Waals surface area contributed by atoms with Gasteiger partial charge >= 0.3 is 0 Å². The Labute approximate surface area is 325 Å². The van der Waals surface area contributed by atoms with Crippen molar-refractivity contribution in [3.8, 4) is 16.8 Å². The molecule has 0 bridgehead atoms. The predicted molar refractivity (Wildman–Crippen MR) is 230 cm³/mol. The monoisotopic (exact) mass is 718 g/mol. The van der Waals surface area contributed by atoms with E-state index in [0.717, 1.165) is 44.6 Å². The molecule has 0 N–H and O–H groups in total. The van der Waals surface area contributed by atoms with E-state index in [4.69, 9.17) is 0 Å². The lowest BCUT2D eigenvalue weighted by Gasteiger charge is -2.35. The number of aromatic nitrogens is 1. The van der Waals surface area contributed by atoms with Gasteiger partial charge in [0.25, 0.3) is 0 Å². The molecule has 1 aromatic heterocycles. The zero-order valence-corrected chi connectivity index (χ0v) is 30.5. The van der Waals surface area contributed by atoms with Crippen LogP contribution >= 0.6 is 0 Å². The third-order valence-corrected chi connectivity index (χ3v) is 11.7. The first kappa shape index (κ1) is 32.2. The van der Waals surface area contributed by atoms with Crippen LogP contribution in [-0.4, -0.2) is 4.57 Å². The van der Waals surface area contributed by atoms with Crippen LogP contribution in [0.2, 0.25) is 0 Å². The van der Waals surface area contributed by atoms with Crippen molar-refractivity contribution in [1.29, 1.82) is 0 Å². The largest absolute Gasteiger partial charge is 0.310 e. The molecular weight excluding hydrogens is 684 g/mol. The van der Waals surface area contributed by atoms with Crippen molar-refractivity contribution in [2.24, 2.45) is 0 Å². The minimum Gasteiger partial charge on any atom is -0.310 e. The lowest BCUT2D eigenvalue weighted by atomic mass is 9.67. The first-order valence-corrected chi connectivity index (χ1v) is 19.1. The summed E-state index contributed by atoms with van der Waals surface area (Å²) in [4.78, 5) is 2.36. The summed E-state index contributed by atoms with van der Waals surface area (Å²) < 4.78 is 17.0. The molecular formula is C53H35FN2. The first-order valence-electron chi connectivity index (χ1n) is 19.1. The van der Waals surface area contributed by atoms with E-state index >= 15 is 0 Å². The van der Waals surface area contributed by atoms with Crippen molar-refractivity contribution in [2.45, 2.75) is 5.41 Å². The van der Waals surface area contributed by atoms with Crippen molar-refractivity contribution >= 4 is 49.6 Å². The standard InChI is InChI=1S/C53H35FN2/c54-40-25-28-46-48-34-43(27-30-51(48)56(52(46)33-40)42-23-11-4-12-24-42)55(41-21-9-3-10-22-41)44-26-29-45-47-31-36-15-13-14-16-37(36)32-49(47)53(50(45)35-44,38-17-5-1-6-18-38)39-19-7-2-8-20-39/h1-35H. The van der Waals surface area contributed by atoms with Crippen molar-refractivity contribution in [3.63, 3.8) is 0 Å². The molecule has 1 aliphatic carbocycles. The molecule has 9 aromatic carbocycles. The van der Waals surface area contributed by atoms with Gasteiger partial charge in [-0.05, 0) is 129 Å². The number of benzene rings is 9. The van der Waals surface area contributed by atoms with E-state index in [2.05, 4.69) is 185 Å². The second-order valence-electron chi connectivity index (χ2n) is 14.7. The molecule has 264 valence electrons. The fourth-order valence-electron chi connectivity index (χ4n) is 9.30. The van der Waals surface area contributed by atoms with Gasteiger partial charge in [0.1, 0.15) is 5.82 Å². The number of hydrogen-bond donors (Lipinski definition) is 0. The van der Waals surface area contributed by atoms with Gasteiger partial charge in [0.2, 0.25) is 0 Å². The molecule has 3 heteroatoms. The van der Waals surface area contributed by atoms with E-state index in [1.165, 1.54) is 44.2 Å². The number of para-hydroxylation sites is 2. The molecule has 0 aliphatic heterocycles. The number of anilines is 3. The highest BCUT2D eigenvalue weighted by Gasteiger charge is 2.46. The predicted octanol–water partition coefficient (Wildman–Crippen LogP) is 13.9. The molecule has 0 spiro atoms. The molecule has 56 heavy (non-hydrogen) atoms. The fourth-order valence-corrected chi connectivity index (χ4v) is 9.30. The van der Waals surface area contributed by atoms with Gasteiger partial charge in [-0.2, -0.15) is 0 Å². The third-order valence-electron chi connectivity index (χ3n) is 11.7. The smallest absolute Gasteiger partial charge is 0.125 e. The Morgan fingerprint density at radius 2 is 0.964 bits per heavy atom. The van der Waals surface area contributed by atoms with Gasteiger partial charge in [-0.3, -0.25) is 0 Å². The van der Waals surface area contributed by atoms with Crippen LogP contribution < -0.4 is 4.90 Å². The van der Waals surface area contributed by atoms with Gasteiger partial charge in [0, 0.05) is 33.5 Å². The maximum atomic E-state index is 14.9.